The largest absolute Gasteiger partial charge is 0.390 e. The van der Waals surface area contributed by atoms with Crippen LogP contribution in [0.2, 0.25) is 0 Å². The van der Waals surface area contributed by atoms with Crippen LogP contribution in [-0.4, -0.2) is 44.2 Å². The molecule has 2 heterocycles. The second-order valence-electron chi connectivity index (χ2n) is 4.37. The number of thioether (sulfide) groups is 2. The molecule has 0 bridgehead atoms. The minimum atomic E-state index is -0.261. The van der Waals surface area contributed by atoms with Gasteiger partial charge in [0.05, 0.1) is 23.1 Å². The van der Waals surface area contributed by atoms with Gasteiger partial charge in [-0.1, -0.05) is 0 Å². The van der Waals surface area contributed by atoms with Gasteiger partial charge < -0.3 is 15.9 Å². The number of hydrogen-bond donors (Lipinski definition) is 3. The fourth-order valence-corrected chi connectivity index (χ4v) is 3.91. The highest BCUT2D eigenvalue weighted by molar-refractivity contribution is 8.06. The lowest BCUT2D eigenvalue weighted by Gasteiger charge is -2.19. The Morgan fingerprint density at radius 1 is 1.30 bits per heavy atom. The molecule has 23 heavy (non-hydrogen) atoms. The van der Waals surface area contributed by atoms with E-state index in [-0.39, 0.29) is 28.9 Å². The van der Waals surface area contributed by atoms with E-state index in [1.54, 1.807) is 12.1 Å². The topological polar surface area (TPSA) is 124 Å². The Bertz CT molecular complexity index is 524. The predicted molar refractivity (Wildman–Crippen MR) is 96.6 cm³/mol. The number of Topliss-reactive ketones (excluding diaryl/α,β-unsaturated/α-hetero) is 2. The number of nitriles is 1. The lowest BCUT2D eigenvalue weighted by atomic mass is 10.2. The van der Waals surface area contributed by atoms with Crippen molar-refractivity contribution in [3.8, 4) is 6.07 Å². The van der Waals surface area contributed by atoms with Crippen molar-refractivity contribution < 1.29 is 19.8 Å². The van der Waals surface area contributed by atoms with Crippen molar-refractivity contribution in [1.29, 1.82) is 5.26 Å². The predicted octanol–water partition coefficient (Wildman–Crippen LogP) is 2.13. The average Bonchev–Trinajstić information content (AvgIpc) is 2.90. The van der Waals surface area contributed by atoms with Crippen LogP contribution in [0.3, 0.4) is 0 Å². The summed E-state index contributed by atoms with van der Waals surface area (Å²) in [5.41, 5.74) is 5.56. The van der Waals surface area contributed by atoms with Gasteiger partial charge in [0.25, 0.3) is 0 Å². The number of hydrogen-bond acceptors (Lipinski definition) is 9. The van der Waals surface area contributed by atoms with Crippen LogP contribution in [0.25, 0.3) is 0 Å². The maximum Gasteiger partial charge on any atom is 0.162 e. The molecule has 2 unspecified atom stereocenters. The van der Waals surface area contributed by atoms with Crippen LogP contribution < -0.4 is 5.73 Å². The summed E-state index contributed by atoms with van der Waals surface area (Å²) in [7, 11) is 0. The van der Waals surface area contributed by atoms with Crippen molar-refractivity contribution in [2.24, 2.45) is 0 Å². The van der Waals surface area contributed by atoms with Gasteiger partial charge in [-0.2, -0.15) is 5.26 Å². The molecule has 1 fully saturated rings. The highest BCUT2D eigenvalue weighted by Crippen LogP contribution is 2.26. The molecule has 0 radical (unpaired) electrons. The lowest BCUT2D eigenvalue weighted by molar-refractivity contribution is -0.116. The third kappa shape index (κ3) is 11.2. The van der Waals surface area contributed by atoms with E-state index >= 15 is 0 Å². The molecule has 1 aromatic rings. The summed E-state index contributed by atoms with van der Waals surface area (Å²) < 4.78 is 0. The Morgan fingerprint density at radius 2 is 1.83 bits per heavy atom. The fourth-order valence-electron chi connectivity index (χ4n) is 1.21. The Morgan fingerprint density at radius 3 is 2.00 bits per heavy atom. The number of anilines is 1. The van der Waals surface area contributed by atoms with E-state index in [4.69, 9.17) is 21.2 Å². The van der Waals surface area contributed by atoms with Gasteiger partial charge in [-0.15, -0.1) is 34.9 Å². The molecule has 1 aliphatic heterocycles. The van der Waals surface area contributed by atoms with Crippen LogP contribution in [0.15, 0.2) is 11.4 Å². The van der Waals surface area contributed by atoms with Gasteiger partial charge in [-0.3, -0.25) is 9.59 Å². The Balaban J connectivity index is 0.000000323. The molecule has 4 N–H and O–H groups in total. The molecule has 0 saturated carbocycles. The van der Waals surface area contributed by atoms with Crippen molar-refractivity contribution in [3.05, 3.63) is 17.0 Å². The molecule has 1 aromatic heterocycles. The summed E-state index contributed by atoms with van der Waals surface area (Å²) in [6.45, 7) is 2.90. The Hall–Kier alpha value is -1.05. The van der Waals surface area contributed by atoms with Crippen molar-refractivity contribution in [2.75, 3.05) is 17.2 Å². The molecular weight excluding hydrogens is 356 g/mol. The molecule has 9 heteroatoms. The monoisotopic (exact) mass is 376 g/mol. The quantitative estimate of drug-likeness (QED) is 0.670. The van der Waals surface area contributed by atoms with Crippen molar-refractivity contribution in [1.82, 2.24) is 0 Å². The van der Waals surface area contributed by atoms with Crippen molar-refractivity contribution in [3.63, 3.8) is 0 Å². The third-order valence-electron chi connectivity index (χ3n) is 2.26. The molecule has 0 spiro atoms. The first-order chi connectivity index (χ1) is 10.8. The van der Waals surface area contributed by atoms with E-state index in [1.807, 2.05) is 5.38 Å². The number of aliphatic hydroxyl groups excluding tert-OH is 2. The first-order valence-corrected chi connectivity index (χ1v) is 9.55. The van der Waals surface area contributed by atoms with E-state index in [9.17, 15) is 9.59 Å². The number of nitrogen functional groups attached to an aromatic ring is 1. The van der Waals surface area contributed by atoms with Gasteiger partial charge in [0.2, 0.25) is 0 Å². The zero-order valence-corrected chi connectivity index (χ0v) is 15.3. The number of rotatable bonds is 2. The van der Waals surface area contributed by atoms with Crippen LogP contribution in [0.5, 0.6) is 0 Å². The molecule has 0 aliphatic carbocycles. The second-order valence-corrected chi connectivity index (χ2v) is 7.74. The van der Waals surface area contributed by atoms with Crippen LogP contribution in [-0.2, 0) is 4.79 Å². The zero-order chi connectivity index (χ0) is 17.8. The lowest BCUT2D eigenvalue weighted by Crippen LogP contribution is -2.19. The van der Waals surface area contributed by atoms with Gasteiger partial charge in [-0.25, -0.2) is 0 Å². The standard InChI is InChI=1S/C6H7NOS.C4H5NO.C4H8O2S2/c1-4(8)5-2-3-9-6(5)7;1-4(6)2-3-5;5-3-1-7-4(6)2-8-3/h2-3H,7H2,1H3;2H2,1H3;3-6H,1-2H2. The summed E-state index contributed by atoms with van der Waals surface area (Å²) >= 11 is 4.21. The number of nitrogens with zero attached hydrogens (tertiary/aromatic N) is 1. The van der Waals surface area contributed by atoms with Crippen LogP contribution in [0.4, 0.5) is 5.00 Å². The van der Waals surface area contributed by atoms with Crippen LogP contribution in [0.1, 0.15) is 30.6 Å². The Labute approximate surface area is 148 Å². The van der Waals surface area contributed by atoms with E-state index in [0.29, 0.717) is 22.1 Å². The number of thiophene rings is 1. The molecule has 0 amide bonds. The summed E-state index contributed by atoms with van der Waals surface area (Å²) in [5.74, 6) is 1.28. The smallest absolute Gasteiger partial charge is 0.162 e. The molecule has 6 nitrogen and oxygen atoms in total. The van der Waals surface area contributed by atoms with E-state index in [2.05, 4.69) is 0 Å². The van der Waals surface area contributed by atoms with Crippen LogP contribution >= 0.6 is 34.9 Å². The molecule has 0 aromatic carbocycles. The SMILES string of the molecule is CC(=O)CC#N.CC(=O)c1ccsc1N.OC1CSC(O)CS1. The molecule has 1 saturated heterocycles. The first-order valence-electron chi connectivity index (χ1n) is 6.57. The molecule has 1 aliphatic rings. The van der Waals surface area contributed by atoms with E-state index in [1.165, 1.54) is 48.7 Å². The summed E-state index contributed by atoms with van der Waals surface area (Å²) in [4.78, 5) is 20.5. The molecule has 2 rings (SSSR count). The van der Waals surface area contributed by atoms with Crippen molar-refractivity contribution in [2.45, 2.75) is 31.1 Å². The number of aliphatic hydroxyl groups is 2. The number of carbonyl (C=O) groups excluding carboxylic acids is 2. The molecular formula is C14H20N2O4S3. The van der Waals surface area contributed by atoms with E-state index in [0.717, 1.165) is 0 Å². The summed E-state index contributed by atoms with van der Waals surface area (Å²) in [6.07, 6.45) is 0.0417. The van der Waals surface area contributed by atoms with Gasteiger partial charge in [0.1, 0.15) is 16.7 Å². The number of carbonyl (C=O) groups is 2. The highest BCUT2D eigenvalue weighted by atomic mass is 32.2. The van der Waals surface area contributed by atoms with Gasteiger partial charge in [0.15, 0.2) is 5.78 Å². The maximum atomic E-state index is 10.7. The van der Waals surface area contributed by atoms with Crippen LogP contribution in [0, 0.1) is 11.3 Å². The van der Waals surface area contributed by atoms with Gasteiger partial charge >= 0.3 is 0 Å². The number of ketones is 2. The second kappa shape index (κ2) is 12.4. The zero-order valence-electron chi connectivity index (χ0n) is 12.9. The first kappa shape index (κ1) is 21.9. The minimum absolute atomic E-state index is 0.0359. The fraction of sp³-hybridized carbons (Fsp3) is 0.500. The number of nitrogens with two attached hydrogens (primary N) is 1. The summed E-state index contributed by atoms with van der Waals surface area (Å²) in [5, 5.41) is 27.9. The van der Waals surface area contributed by atoms with Crippen molar-refractivity contribution >= 4 is 51.4 Å². The third-order valence-corrected chi connectivity index (χ3v) is 5.55. The van der Waals surface area contributed by atoms with E-state index < -0.39 is 0 Å². The van der Waals surface area contributed by atoms with Gasteiger partial charge in [0, 0.05) is 11.5 Å². The molecule has 2 atom stereocenters. The summed E-state index contributed by atoms with van der Waals surface area (Å²) in [6, 6.07) is 3.46. The molecule has 128 valence electrons. The maximum absolute atomic E-state index is 10.7. The minimum Gasteiger partial charge on any atom is -0.390 e. The van der Waals surface area contributed by atoms with Gasteiger partial charge in [-0.05, 0) is 25.3 Å². The average molecular weight is 377 g/mol. The normalized spacial score (nSPS) is 19.3. The highest BCUT2D eigenvalue weighted by Gasteiger charge is 2.17. The Kier molecular flexibility index (Phi) is 11.8.